The number of hydrogen-bond donors (Lipinski definition) is 1. The summed E-state index contributed by atoms with van der Waals surface area (Å²) in [6.45, 7) is 0.391. The van der Waals surface area contributed by atoms with Crippen LogP contribution in [0, 0.1) is 0 Å². The number of fused-ring (bicyclic) bond motifs is 1. The second-order valence-corrected chi connectivity index (χ2v) is 13.3. The maximum atomic E-state index is 15.6. The van der Waals surface area contributed by atoms with E-state index in [4.69, 9.17) is 0 Å². The van der Waals surface area contributed by atoms with E-state index in [1.807, 2.05) is 0 Å². The molecule has 12 nitrogen and oxygen atoms in total. The number of sulfonamides is 1. The highest BCUT2D eigenvalue weighted by Crippen LogP contribution is 2.32. The number of halogens is 2. The van der Waals surface area contributed by atoms with Crippen molar-refractivity contribution in [3.05, 3.63) is 109 Å². The van der Waals surface area contributed by atoms with Crippen LogP contribution in [0.15, 0.2) is 102 Å². The number of benzene rings is 3. The summed E-state index contributed by atoms with van der Waals surface area (Å²) in [6, 6.07) is 15.1. The standard InChI is InChI=1S/C34H31F2N7O5S/c1-2-34(35,36)42(20-23-7-4-3-5-8-23)32(44)29-21-41(30-19-38-28-18-37-22-39-31(28)40-30)15-16-43(29)49(47,48)27-13-11-24(12-14-27)25-9-6-10-26(17-25)33(45)46/h3-14,17-19,22,29H,2,15-16,20-21H2,1H3,(H,45,46). The van der Waals surface area contributed by atoms with E-state index in [0.717, 1.165) is 4.31 Å². The van der Waals surface area contributed by atoms with Crippen molar-refractivity contribution in [1.29, 1.82) is 0 Å². The fourth-order valence-electron chi connectivity index (χ4n) is 5.65. The van der Waals surface area contributed by atoms with Crippen LogP contribution in [-0.2, 0) is 21.4 Å². The first-order valence-electron chi connectivity index (χ1n) is 15.3. The van der Waals surface area contributed by atoms with Crippen molar-refractivity contribution in [1.82, 2.24) is 29.1 Å². The van der Waals surface area contributed by atoms with E-state index in [9.17, 15) is 23.1 Å². The number of rotatable bonds is 10. The van der Waals surface area contributed by atoms with Gasteiger partial charge >= 0.3 is 12.0 Å². The maximum absolute atomic E-state index is 15.6. The lowest BCUT2D eigenvalue weighted by Gasteiger charge is -2.43. The summed E-state index contributed by atoms with van der Waals surface area (Å²) in [5, 5.41) is 9.37. The fourth-order valence-corrected chi connectivity index (χ4v) is 7.22. The molecule has 3 heterocycles. The third kappa shape index (κ3) is 6.93. The van der Waals surface area contributed by atoms with Crippen LogP contribution in [0.25, 0.3) is 22.3 Å². The minimum absolute atomic E-state index is 0.0703. The molecular formula is C34H31F2N7O5S. The van der Waals surface area contributed by atoms with Gasteiger partial charge in [-0.25, -0.2) is 33.1 Å². The van der Waals surface area contributed by atoms with Crippen molar-refractivity contribution >= 4 is 38.9 Å². The summed E-state index contributed by atoms with van der Waals surface area (Å²) in [6.07, 6.45) is 3.55. The predicted molar refractivity (Wildman–Crippen MR) is 176 cm³/mol. The van der Waals surface area contributed by atoms with E-state index >= 15 is 8.78 Å². The lowest BCUT2D eigenvalue weighted by Crippen LogP contribution is -2.63. The van der Waals surface area contributed by atoms with Crippen LogP contribution >= 0.6 is 0 Å². The van der Waals surface area contributed by atoms with Gasteiger partial charge < -0.3 is 10.0 Å². The minimum Gasteiger partial charge on any atom is -0.478 e. The van der Waals surface area contributed by atoms with Crippen LogP contribution in [0.2, 0.25) is 0 Å². The summed E-state index contributed by atoms with van der Waals surface area (Å²) in [5.41, 5.74) is 2.35. The van der Waals surface area contributed by atoms with Gasteiger partial charge in [-0.3, -0.25) is 9.69 Å². The normalized spacial score (nSPS) is 15.7. The van der Waals surface area contributed by atoms with Gasteiger partial charge in [0, 0.05) is 26.1 Å². The van der Waals surface area contributed by atoms with Gasteiger partial charge in [0.25, 0.3) is 0 Å². The number of aromatic carboxylic acids is 1. The molecule has 0 saturated carbocycles. The van der Waals surface area contributed by atoms with Gasteiger partial charge in [0.2, 0.25) is 15.9 Å². The van der Waals surface area contributed by atoms with Gasteiger partial charge in [0.15, 0.2) is 5.65 Å². The molecule has 1 saturated heterocycles. The Morgan fingerprint density at radius 1 is 0.959 bits per heavy atom. The average Bonchev–Trinajstić information content (AvgIpc) is 3.13. The second-order valence-electron chi connectivity index (χ2n) is 11.4. The largest absolute Gasteiger partial charge is 0.478 e. The van der Waals surface area contributed by atoms with Crippen LogP contribution in [0.5, 0.6) is 0 Å². The summed E-state index contributed by atoms with van der Waals surface area (Å²) >= 11 is 0. The van der Waals surface area contributed by atoms with Crippen LogP contribution in [-0.4, -0.2) is 86.3 Å². The zero-order valence-corrected chi connectivity index (χ0v) is 27.0. The molecule has 0 spiro atoms. The van der Waals surface area contributed by atoms with Crippen LogP contribution in [0.3, 0.4) is 0 Å². The molecule has 1 N–H and O–H groups in total. The van der Waals surface area contributed by atoms with Gasteiger partial charge in [0.1, 0.15) is 23.7 Å². The SMILES string of the molecule is CCC(F)(F)N(Cc1ccccc1)C(=O)C1CN(c2cnc3cncnc3n2)CCN1S(=O)(=O)c1ccc(-c2cccc(C(=O)O)c2)cc1. The molecular weight excluding hydrogens is 656 g/mol. The van der Waals surface area contributed by atoms with E-state index in [-0.39, 0.29) is 35.7 Å². The predicted octanol–water partition coefficient (Wildman–Crippen LogP) is 4.70. The van der Waals surface area contributed by atoms with E-state index in [0.29, 0.717) is 32.9 Å². The number of carboxylic acids is 1. The zero-order chi connectivity index (χ0) is 34.8. The van der Waals surface area contributed by atoms with Crippen molar-refractivity contribution in [2.45, 2.75) is 36.9 Å². The Kier molecular flexibility index (Phi) is 9.30. The molecule has 2 aromatic heterocycles. The van der Waals surface area contributed by atoms with Gasteiger partial charge in [-0.05, 0) is 41.0 Å². The van der Waals surface area contributed by atoms with Gasteiger partial charge in [-0.2, -0.15) is 13.1 Å². The molecule has 1 fully saturated rings. The number of hydrogen-bond acceptors (Lipinski definition) is 9. The van der Waals surface area contributed by atoms with Crippen molar-refractivity contribution in [3.63, 3.8) is 0 Å². The first-order valence-corrected chi connectivity index (χ1v) is 16.8. The van der Waals surface area contributed by atoms with Crippen molar-refractivity contribution < 1.29 is 31.9 Å². The Bertz CT molecular complexity index is 2100. The number of carbonyl (C=O) groups is 2. The van der Waals surface area contributed by atoms with Gasteiger partial charge in [-0.15, -0.1) is 0 Å². The molecule has 3 aromatic carbocycles. The van der Waals surface area contributed by atoms with Gasteiger partial charge in [-0.1, -0.05) is 61.5 Å². The number of anilines is 1. The number of piperazine rings is 1. The van der Waals surface area contributed by atoms with E-state index in [2.05, 4.69) is 19.9 Å². The topological polar surface area (TPSA) is 150 Å². The summed E-state index contributed by atoms with van der Waals surface area (Å²) in [4.78, 5) is 44.6. The highest BCUT2D eigenvalue weighted by molar-refractivity contribution is 7.89. The molecule has 6 rings (SSSR count). The average molecular weight is 688 g/mol. The number of alkyl halides is 2. The molecule has 0 radical (unpaired) electrons. The molecule has 49 heavy (non-hydrogen) atoms. The molecule has 0 aliphatic carbocycles. The molecule has 1 aliphatic rings. The van der Waals surface area contributed by atoms with Crippen LogP contribution in [0.4, 0.5) is 14.6 Å². The molecule has 15 heteroatoms. The second kappa shape index (κ2) is 13.6. The molecule has 0 bridgehead atoms. The third-order valence-corrected chi connectivity index (χ3v) is 10.2. The molecule has 1 atom stereocenters. The van der Waals surface area contributed by atoms with Crippen molar-refractivity contribution in [2.24, 2.45) is 0 Å². The van der Waals surface area contributed by atoms with Crippen molar-refractivity contribution in [3.8, 4) is 11.1 Å². The first-order chi connectivity index (χ1) is 23.5. The van der Waals surface area contributed by atoms with Crippen LogP contribution in [0.1, 0.15) is 29.3 Å². The minimum atomic E-state index is -4.41. The summed E-state index contributed by atoms with van der Waals surface area (Å²) in [7, 11) is -4.41. The Morgan fingerprint density at radius 2 is 1.71 bits per heavy atom. The summed E-state index contributed by atoms with van der Waals surface area (Å²) in [5.74, 6) is -1.87. The molecule has 1 aliphatic heterocycles. The maximum Gasteiger partial charge on any atom is 0.335 e. The Balaban J connectivity index is 1.37. The van der Waals surface area contributed by atoms with E-state index in [1.165, 1.54) is 62.0 Å². The number of amides is 1. The molecule has 5 aromatic rings. The highest BCUT2D eigenvalue weighted by atomic mass is 32.2. The highest BCUT2D eigenvalue weighted by Gasteiger charge is 2.47. The number of nitrogens with zero attached hydrogens (tertiary/aromatic N) is 7. The third-order valence-electron chi connectivity index (χ3n) is 8.33. The smallest absolute Gasteiger partial charge is 0.335 e. The Morgan fingerprint density at radius 3 is 2.43 bits per heavy atom. The fraction of sp³-hybridized carbons (Fsp3) is 0.235. The van der Waals surface area contributed by atoms with Gasteiger partial charge in [0.05, 0.1) is 29.4 Å². The zero-order valence-electron chi connectivity index (χ0n) is 26.2. The van der Waals surface area contributed by atoms with E-state index in [1.54, 1.807) is 47.4 Å². The van der Waals surface area contributed by atoms with Crippen molar-refractivity contribution in [2.75, 3.05) is 24.5 Å². The number of carbonyl (C=O) groups excluding carboxylic acids is 1. The molecule has 252 valence electrons. The molecule has 1 unspecified atom stereocenters. The Hall–Kier alpha value is -5.41. The Labute approximate surface area is 280 Å². The quantitative estimate of drug-likeness (QED) is 0.205. The number of aromatic nitrogens is 4. The van der Waals surface area contributed by atoms with Crippen LogP contribution < -0.4 is 4.90 Å². The molecule has 1 amide bonds. The number of carboxylic acid groups (broad SMARTS) is 1. The lowest BCUT2D eigenvalue weighted by atomic mass is 10.0. The lowest BCUT2D eigenvalue weighted by molar-refractivity contribution is -0.181. The van der Waals surface area contributed by atoms with E-state index < -0.39 is 47.0 Å². The first kappa shape index (κ1) is 33.5. The monoisotopic (exact) mass is 687 g/mol. The summed E-state index contributed by atoms with van der Waals surface area (Å²) < 4.78 is 60.6.